The van der Waals surface area contributed by atoms with Gasteiger partial charge in [-0.05, 0) is 31.6 Å². The van der Waals surface area contributed by atoms with Crippen LogP contribution in [0.25, 0.3) is 0 Å². The molecule has 0 amide bonds. The number of carbonyl (C=O) groups is 1. The lowest BCUT2D eigenvalue weighted by Gasteiger charge is -2.17. The molecule has 0 fully saturated rings. The summed E-state index contributed by atoms with van der Waals surface area (Å²) in [6.45, 7) is 6.18. The van der Waals surface area contributed by atoms with E-state index >= 15 is 0 Å². The molecule has 0 heterocycles. The molecule has 0 aromatic carbocycles. The predicted molar refractivity (Wildman–Crippen MR) is 88.7 cm³/mol. The first kappa shape index (κ1) is 20.4. The van der Waals surface area contributed by atoms with Crippen LogP contribution >= 0.6 is 0 Å². The molecule has 1 N–H and O–H groups in total. The molecule has 21 heavy (non-hydrogen) atoms. The Hall–Kier alpha value is -0.570. The number of carboxylic acids is 1. The minimum absolute atomic E-state index is 0.288. The molecule has 3 heteroatoms. The normalized spacial score (nSPS) is 12.5. The molecule has 0 radical (unpaired) electrons. The van der Waals surface area contributed by atoms with Crippen LogP contribution in [0.15, 0.2) is 0 Å². The van der Waals surface area contributed by atoms with Gasteiger partial charge in [0.2, 0.25) is 0 Å². The Bertz CT molecular complexity index is 229. The van der Waals surface area contributed by atoms with Gasteiger partial charge < -0.3 is 9.84 Å². The lowest BCUT2D eigenvalue weighted by Crippen LogP contribution is -2.11. The second kappa shape index (κ2) is 15.8. The Balaban J connectivity index is 3.57. The Morgan fingerprint density at radius 2 is 1.57 bits per heavy atom. The third-order valence-electron chi connectivity index (χ3n) is 3.96. The third kappa shape index (κ3) is 15.6. The van der Waals surface area contributed by atoms with Crippen molar-refractivity contribution in [1.29, 1.82) is 0 Å². The lowest BCUT2D eigenvalue weighted by atomic mass is 9.96. The van der Waals surface area contributed by atoms with E-state index in [1.165, 1.54) is 51.4 Å². The smallest absolute Gasteiger partial charge is 0.303 e. The van der Waals surface area contributed by atoms with Crippen LogP contribution in [0.4, 0.5) is 0 Å². The summed E-state index contributed by atoms with van der Waals surface area (Å²) in [6.07, 6.45) is 13.5. The summed E-state index contributed by atoms with van der Waals surface area (Å²) >= 11 is 0. The Kier molecular flexibility index (Phi) is 15.4. The van der Waals surface area contributed by atoms with Gasteiger partial charge in [-0.2, -0.15) is 0 Å². The highest BCUT2D eigenvalue weighted by Crippen LogP contribution is 2.18. The van der Waals surface area contributed by atoms with Gasteiger partial charge in [0, 0.05) is 19.6 Å². The molecule has 0 bridgehead atoms. The van der Waals surface area contributed by atoms with E-state index in [0.29, 0.717) is 0 Å². The summed E-state index contributed by atoms with van der Waals surface area (Å²) in [5.74, 6) is 0.0310. The molecule has 0 saturated carbocycles. The van der Waals surface area contributed by atoms with Crippen LogP contribution < -0.4 is 0 Å². The highest BCUT2D eigenvalue weighted by atomic mass is 16.5. The van der Waals surface area contributed by atoms with Gasteiger partial charge in [-0.3, -0.25) is 4.79 Å². The molecule has 0 aromatic rings. The summed E-state index contributed by atoms with van der Waals surface area (Å²) in [6, 6.07) is 0. The fourth-order valence-electron chi connectivity index (χ4n) is 2.57. The summed E-state index contributed by atoms with van der Waals surface area (Å²) < 4.78 is 5.81. The maximum absolute atomic E-state index is 10.4. The van der Waals surface area contributed by atoms with Gasteiger partial charge in [0.05, 0.1) is 0 Å². The predicted octanol–water partition coefficient (Wildman–Crippen LogP) is 5.42. The standard InChI is InChI=1S/C18H36O3/c1-3-5-7-9-13-17(12-6-4-2)16-21-15-11-8-10-14-18(19)20/h17H,3-16H2,1-2H3,(H,19,20). The van der Waals surface area contributed by atoms with Crippen LogP contribution in [0.3, 0.4) is 0 Å². The maximum Gasteiger partial charge on any atom is 0.303 e. The lowest BCUT2D eigenvalue weighted by molar-refractivity contribution is -0.137. The van der Waals surface area contributed by atoms with Crippen molar-refractivity contribution in [3.63, 3.8) is 0 Å². The van der Waals surface area contributed by atoms with Crippen LogP contribution in [0.5, 0.6) is 0 Å². The second-order valence-electron chi connectivity index (χ2n) is 6.14. The SMILES string of the molecule is CCCCCCC(CCCC)COCCCCCC(=O)O. The van der Waals surface area contributed by atoms with Crippen molar-refractivity contribution in [1.82, 2.24) is 0 Å². The fraction of sp³-hybridized carbons (Fsp3) is 0.944. The topological polar surface area (TPSA) is 46.5 Å². The van der Waals surface area contributed by atoms with Gasteiger partial charge in [-0.1, -0.05) is 58.8 Å². The number of carboxylic acid groups (broad SMARTS) is 1. The molecule has 1 atom stereocenters. The van der Waals surface area contributed by atoms with Gasteiger partial charge in [0.25, 0.3) is 0 Å². The van der Waals surface area contributed by atoms with E-state index < -0.39 is 5.97 Å². The average Bonchev–Trinajstić information content (AvgIpc) is 2.46. The Morgan fingerprint density at radius 3 is 2.24 bits per heavy atom. The monoisotopic (exact) mass is 300 g/mol. The molecule has 0 aliphatic rings. The summed E-state index contributed by atoms with van der Waals surface area (Å²) in [7, 11) is 0. The Morgan fingerprint density at radius 1 is 0.905 bits per heavy atom. The molecular weight excluding hydrogens is 264 g/mol. The first-order valence-electron chi connectivity index (χ1n) is 9.00. The molecular formula is C18H36O3. The van der Waals surface area contributed by atoms with Crippen molar-refractivity contribution in [3.8, 4) is 0 Å². The minimum Gasteiger partial charge on any atom is -0.481 e. The van der Waals surface area contributed by atoms with Crippen LogP contribution in [0, 0.1) is 5.92 Å². The summed E-state index contributed by atoms with van der Waals surface area (Å²) in [5, 5.41) is 8.56. The van der Waals surface area contributed by atoms with Crippen molar-refractivity contribution < 1.29 is 14.6 Å². The van der Waals surface area contributed by atoms with E-state index in [9.17, 15) is 4.79 Å². The van der Waals surface area contributed by atoms with Gasteiger partial charge in [-0.15, -0.1) is 0 Å². The van der Waals surface area contributed by atoms with Crippen molar-refractivity contribution >= 4 is 5.97 Å². The number of rotatable bonds is 16. The van der Waals surface area contributed by atoms with E-state index in [4.69, 9.17) is 9.84 Å². The van der Waals surface area contributed by atoms with Crippen molar-refractivity contribution in [2.24, 2.45) is 5.92 Å². The first-order valence-corrected chi connectivity index (χ1v) is 9.00. The molecule has 0 saturated heterocycles. The molecule has 0 aliphatic carbocycles. The van der Waals surface area contributed by atoms with E-state index in [1.807, 2.05) is 0 Å². The molecule has 3 nitrogen and oxygen atoms in total. The Labute approximate surface area is 131 Å². The summed E-state index contributed by atoms with van der Waals surface area (Å²) in [4.78, 5) is 10.4. The number of aliphatic carboxylic acids is 1. The van der Waals surface area contributed by atoms with Crippen LogP contribution in [0.2, 0.25) is 0 Å². The van der Waals surface area contributed by atoms with Crippen LogP contribution in [-0.2, 0) is 9.53 Å². The molecule has 1 unspecified atom stereocenters. The highest BCUT2D eigenvalue weighted by molar-refractivity contribution is 5.66. The van der Waals surface area contributed by atoms with Gasteiger partial charge in [-0.25, -0.2) is 0 Å². The maximum atomic E-state index is 10.4. The zero-order chi connectivity index (χ0) is 15.8. The van der Waals surface area contributed by atoms with E-state index in [0.717, 1.165) is 38.4 Å². The molecule has 0 aliphatic heterocycles. The summed E-state index contributed by atoms with van der Waals surface area (Å²) in [5.41, 5.74) is 0. The van der Waals surface area contributed by atoms with Crippen molar-refractivity contribution in [2.75, 3.05) is 13.2 Å². The highest BCUT2D eigenvalue weighted by Gasteiger charge is 2.08. The molecule has 0 aromatic heterocycles. The molecule has 0 spiro atoms. The number of hydrogen-bond acceptors (Lipinski definition) is 2. The van der Waals surface area contributed by atoms with E-state index in [1.54, 1.807) is 0 Å². The van der Waals surface area contributed by atoms with E-state index in [2.05, 4.69) is 13.8 Å². The van der Waals surface area contributed by atoms with Crippen LogP contribution in [-0.4, -0.2) is 24.3 Å². The van der Waals surface area contributed by atoms with Gasteiger partial charge >= 0.3 is 5.97 Å². The largest absolute Gasteiger partial charge is 0.481 e. The third-order valence-corrected chi connectivity index (χ3v) is 3.96. The molecule has 126 valence electrons. The zero-order valence-electron chi connectivity index (χ0n) is 14.2. The van der Waals surface area contributed by atoms with E-state index in [-0.39, 0.29) is 6.42 Å². The number of hydrogen-bond donors (Lipinski definition) is 1. The zero-order valence-corrected chi connectivity index (χ0v) is 14.2. The number of ether oxygens (including phenoxy) is 1. The van der Waals surface area contributed by atoms with Gasteiger partial charge in [0.1, 0.15) is 0 Å². The fourth-order valence-corrected chi connectivity index (χ4v) is 2.57. The second-order valence-corrected chi connectivity index (χ2v) is 6.14. The van der Waals surface area contributed by atoms with Crippen molar-refractivity contribution in [2.45, 2.75) is 90.9 Å². The number of unbranched alkanes of at least 4 members (excludes halogenated alkanes) is 6. The molecule has 0 rings (SSSR count). The van der Waals surface area contributed by atoms with Crippen LogP contribution in [0.1, 0.15) is 90.9 Å². The minimum atomic E-state index is -0.692. The first-order chi connectivity index (χ1) is 10.2. The quantitative estimate of drug-likeness (QED) is 0.387. The van der Waals surface area contributed by atoms with Crippen molar-refractivity contribution in [3.05, 3.63) is 0 Å². The van der Waals surface area contributed by atoms with Gasteiger partial charge in [0.15, 0.2) is 0 Å². The average molecular weight is 300 g/mol.